The van der Waals surface area contributed by atoms with Gasteiger partial charge in [0.25, 0.3) is 0 Å². The SMILES string of the molecule is COc1cccc(/C=C/C(=O)c2ccc(OCC#N)cc2)c1OC. The van der Waals surface area contributed by atoms with E-state index in [4.69, 9.17) is 19.5 Å². The zero-order chi connectivity index (χ0) is 17.4. The van der Waals surface area contributed by atoms with Crippen molar-refractivity contribution in [2.45, 2.75) is 0 Å². The second-order valence-electron chi connectivity index (χ2n) is 4.75. The van der Waals surface area contributed by atoms with E-state index in [1.54, 1.807) is 50.6 Å². The van der Waals surface area contributed by atoms with Gasteiger partial charge in [-0.05, 0) is 42.5 Å². The average molecular weight is 323 g/mol. The van der Waals surface area contributed by atoms with E-state index in [0.29, 0.717) is 22.8 Å². The van der Waals surface area contributed by atoms with Gasteiger partial charge in [-0.25, -0.2) is 0 Å². The molecular weight excluding hydrogens is 306 g/mol. The van der Waals surface area contributed by atoms with E-state index in [1.165, 1.54) is 6.08 Å². The van der Waals surface area contributed by atoms with Crippen molar-refractivity contribution >= 4 is 11.9 Å². The molecule has 0 aliphatic carbocycles. The molecule has 24 heavy (non-hydrogen) atoms. The molecule has 0 fully saturated rings. The van der Waals surface area contributed by atoms with Gasteiger partial charge in [0.1, 0.15) is 11.8 Å². The molecule has 5 heteroatoms. The summed E-state index contributed by atoms with van der Waals surface area (Å²) in [6.45, 7) is -0.0250. The van der Waals surface area contributed by atoms with Gasteiger partial charge in [0.05, 0.1) is 14.2 Å². The molecule has 0 N–H and O–H groups in total. The fourth-order valence-electron chi connectivity index (χ4n) is 2.14. The minimum absolute atomic E-state index is 0.0250. The van der Waals surface area contributed by atoms with E-state index < -0.39 is 0 Å². The van der Waals surface area contributed by atoms with E-state index in [9.17, 15) is 4.79 Å². The van der Waals surface area contributed by atoms with Crippen LogP contribution in [0.3, 0.4) is 0 Å². The summed E-state index contributed by atoms with van der Waals surface area (Å²) >= 11 is 0. The smallest absolute Gasteiger partial charge is 0.185 e. The maximum atomic E-state index is 12.2. The van der Waals surface area contributed by atoms with Crippen LogP contribution >= 0.6 is 0 Å². The molecule has 0 saturated heterocycles. The number of allylic oxidation sites excluding steroid dienone is 1. The number of rotatable bonds is 7. The fourth-order valence-corrected chi connectivity index (χ4v) is 2.14. The molecule has 0 amide bonds. The predicted octanol–water partition coefficient (Wildman–Crippen LogP) is 3.50. The molecule has 0 aliphatic rings. The third-order valence-corrected chi connectivity index (χ3v) is 3.29. The number of methoxy groups -OCH3 is 2. The van der Waals surface area contributed by atoms with Crippen LogP contribution < -0.4 is 14.2 Å². The molecular formula is C19H17NO4. The van der Waals surface area contributed by atoms with Crippen LogP contribution in [0, 0.1) is 11.3 Å². The maximum absolute atomic E-state index is 12.2. The van der Waals surface area contributed by atoms with Gasteiger partial charge < -0.3 is 14.2 Å². The molecule has 2 aromatic rings. The van der Waals surface area contributed by atoms with Crippen molar-refractivity contribution in [1.82, 2.24) is 0 Å². The van der Waals surface area contributed by atoms with Crippen LogP contribution in [0.4, 0.5) is 0 Å². The summed E-state index contributed by atoms with van der Waals surface area (Å²) < 4.78 is 15.7. The molecule has 0 aliphatic heterocycles. The minimum atomic E-state index is -0.147. The first-order valence-electron chi connectivity index (χ1n) is 7.22. The molecule has 0 atom stereocenters. The van der Waals surface area contributed by atoms with Gasteiger partial charge in [0, 0.05) is 11.1 Å². The lowest BCUT2D eigenvalue weighted by Crippen LogP contribution is -1.97. The van der Waals surface area contributed by atoms with Crippen LogP contribution in [-0.2, 0) is 0 Å². The Bertz CT molecular complexity index is 773. The van der Waals surface area contributed by atoms with Crippen LogP contribution in [0.25, 0.3) is 6.08 Å². The number of hydrogen-bond donors (Lipinski definition) is 0. The lowest BCUT2D eigenvalue weighted by atomic mass is 10.1. The van der Waals surface area contributed by atoms with E-state index in [0.717, 1.165) is 5.56 Å². The summed E-state index contributed by atoms with van der Waals surface area (Å²) in [4.78, 5) is 12.2. The van der Waals surface area contributed by atoms with Crippen molar-refractivity contribution in [3.8, 4) is 23.3 Å². The monoisotopic (exact) mass is 323 g/mol. The lowest BCUT2D eigenvalue weighted by Gasteiger charge is -2.09. The van der Waals surface area contributed by atoms with E-state index in [-0.39, 0.29) is 12.4 Å². The number of nitriles is 1. The van der Waals surface area contributed by atoms with Crippen molar-refractivity contribution in [3.63, 3.8) is 0 Å². The Kier molecular flexibility index (Phi) is 5.98. The standard InChI is InChI=1S/C19H17NO4/c1-22-18-5-3-4-15(19(18)23-2)8-11-17(21)14-6-9-16(10-7-14)24-13-12-20/h3-11H,13H2,1-2H3/b11-8+. The molecule has 0 saturated carbocycles. The molecule has 122 valence electrons. The molecule has 5 nitrogen and oxygen atoms in total. The summed E-state index contributed by atoms with van der Waals surface area (Å²) in [6, 6.07) is 14.0. The van der Waals surface area contributed by atoms with Gasteiger partial charge in [-0.2, -0.15) is 5.26 Å². The maximum Gasteiger partial charge on any atom is 0.185 e. The van der Waals surface area contributed by atoms with Gasteiger partial charge >= 0.3 is 0 Å². The van der Waals surface area contributed by atoms with Gasteiger partial charge in [-0.3, -0.25) is 4.79 Å². The summed E-state index contributed by atoms with van der Waals surface area (Å²) in [6.07, 6.45) is 3.16. The number of carbonyl (C=O) groups excluding carboxylic acids is 1. The van der Waals surface area contributed by atoms with E-state index in [2.05, 4.69) is 0 Å². The summed E-state index contributed by atoms with van der Waals surface area (Å²) in [5.74, 6) is 1.58. The van der Waals surface area contributed by atoms with Crippen LogP contribution in [0.15, 0.2) is 48.5 Å². The van der Waals surface area contributed by atoms with Crippen LogP contribution in [-0.4, -0.2) is 26.6 Å². The Balaban J connectivity index is 2.15. The first kappa shape index (κ1) is 17.1. The van der Waals surface area contributed by atoms with Gasteiger partial charge in [0.15, 0.2) is 23.9 Å². The first-order valence-corrected chi connectivity index (χ1v) is 7.22. The quantitative estimate of drug-likeness (QED) is 0.576. The van der Waals surface area contributed by atoms with Crippen molar-refractivity contribution in [2.24, 2.45) is 0 Å². The average Bonchev–Trinajstić information content (AvgIpc) is 2.64. The zero-order valence-electron chi connectivity index (χ0n) is 13.5. The third-order valence-electron chi connectivity index (χ3n) is 3.29. The van der Waals surface area contributed by atoms with Crippen molar-refractivity contribution in [2.75, 3.05) is 20.8 Å². The number of ketones is 1. The number of benzene rings is 2. The number of nitrogens with zero attached hydrogens (tertiary/aromatic N) is 1. The second-order valence-corrected chi connectivity index (χ2v) is 4.75. The van der Waals surface area contributed by atoms with Crippen molar-refractivity contribution in [3.05, 3.63) is 59.7 Å². The van der Waals surface area contributed by atoms with Crippen molar-refractivity contribution < 1.29 is 19.0 Å². The Morgan fingerprint density at radius 3 is 2.50 bits per heavy atom. The number of carbonyl (C=O) groups is 1. The molecule has 0 bridgehead atoms. The van der Waals surface area contributed by atoms with Crippen LogP contribution in [0.1, 0.15) is 15.9 Å². The number of hydrogen-bond acceptors (Lipinski definition) is 5. The van der Waals surface area contributed by atoms with E-state index >= 15 is 0 Å². The Hall–Kier alpha value is -3.26. The highest BCUT2D eigenvalue weighted by molar-refractivity contribution is 6.07. The van der Waals surface area contributed by atoms with Crippen LogP contribution in [0.2, 0.25) is 0 Å². The molecule has 0 heterocycles. The van der Waals surface area contributed by atoms with Crippen LogP contribution in [0.5, 0.6) is 17.2 Å². The topological polar surface area (TPSA) is 68.5 Å². The molecule has 2 rings (SSSR count). The Morgan fingerprint density at radius 2 is 1.88 bits per heavy atom. The first-order chi connectivity index (χ1) is 11.7. The summed E-state index contributed by atoms with van der Waals surface area (Å²) in [5.41, 5.74) is 1.27. The van der Waals surface area contributed by atoms with E-state index in [1.807, 2.05) is 18.2 Å². The third kappa shape index (κ3) is 4.14. The molecule has 0 aromatic heterocycles. The van der Waals surface area contributed by atoms with Gasteiger partial charge in [-0.15, -0.1) is 0 Å². The Morgan fingerprint density at radius 1 is 1.12 bits per heavy atom. The minimum Gasteiger partial charge on any atom is -0.493 e. The lowest BCUT2D eigenvalue weighted by molar-refractivity contribution is 0.104. The molecule has 0 radical (unpaired) electrons. The van der Waals surface area contributed by atoms with Gasteiger partial charge in [0.2, 0.25) is 0 Å². The normalized spacial score (nSPS) is 10.2. The highest BCUT2D eigenvalue weighted by atomic mass is 16.5. The second kappa shape index (κ2) is 8.39. The molecule has 2 aromatic carbocycles. The zero-order valence-corrected chi connectivity index (χ0v) is 13.5. The highest BCUT2D eigenvalue weighted by Gasteiger charge is 2.08. The number of para-hydroxylation sites is 1. The van der Waals surface area contributed by atoms with Crippen molar-refractivity contribution in [1.29, 1.82) is 5.26 Å². The predicted molar refractivity (Wildman–Crippen MR) is 90.5 cm³/mol. The summed E-state index contributed by atoms with van der Waals surface area (Å²) in [7, 11) is 3.11. The highest BCUT2D eigenvalue weighted by Crippen LogP contribution is 2.31. The van der Waals surface area contributed by atoms with Gasteiger partial charge in [-0.1, -0.05) is 12.1 Å². The molecule has 0 unspecified atom stereocenters. The largest absolute Gasteiger partial charge is 0.493 e. The number of ether oxygens (including phenoxy) is 3. The molecule has 0 spiro atoms. The fraction of sp³-hybridized carbons (Fsp3) is 0.158. The Labute approximate surface area is 140 Å². The summed E-state index contributed by atoms with van der Waals surface area (Å²) in [5, 5.41) is 8.47.